The van der Waals surface area contributed by atoms with Crippen molar-refractivity contribution in [1.82, 2.24) is 15.1 Å². The van der Waals surface area contributed by atoms with Crippen LogP contribution in [0.25, 0.3) is 0 Å². The summed E-state index contributed by atoms with van der Waals surface area (Å²) in [7, 11) is 6.60. The Morgan fingerprint density at radius 2 is 1.95 bits per heavy atom. The Labute approximate surface area is 120 Å². The van der Waals surface area contributed by atoms with Crippen molar-refractivity contribution in [2.75, 3.05) is 40.8 Å². The summed E-state index contributed by atoms with van der Waals surface area (Å²) in [6.45, 7) is 10.7. The molecule has 3 unspecified atom stereocenters. The monoisotopic (exact) mass is 269 g/mol. The molecule has 1 N–H and O–H groups in total. The highest BCUT2D eigenvalue weighted by molar-refractivity contribution is 4.83. The molecule has 0 radical (unpaired) electrons. The number of nitrogens with one attached hydrogen (secondary N) is 1. The van der Waals surface area contributed by atoms with E-state index in [4.69, 9.17) is 0 Å². The topological polar surface area (TPSA) is 18.5 Å². The van der Waals surface area contributed by atoms with Gasteiger partial charge in [0.05, 0.1) is 0 Å². The molecule has 1 heterocycles. The van der Waals surface area contributed by atoms with Gasteiger partial charge in [0.15, 0.2) is 0 Å². The number of hydrogen-bond donors (Lipinski definition) is 1. The van der Waals surface area contributed by atoms with E-state index in [1.54, 1.807) is 0 Å². The van der Waals surface area contributed by atoms with Gasteiger partial charge in [0.25, 0.3) is 0 Å². The van der Waals surface area contributed by atoms with Crippen LogP contribution < -0.4 is 5.32 Å². The molecule has 0 aromatic carbocycles. The van der Waals surface area contributed by atoms with E-state index in [2.05, 4.69) is 57.0 Å². The number of nitrogens with zero attached hydrogens (tertiary/aromatic N) is 2. The van der Waals surface area contributed by atoms with Crippen molar-refractivity contribution in [3.05, 3.63) is 0 Å². The summed E-state index contributed by atoms with van der Waals surface area (Å²) in [5.74, 6) is 1.58. The van der Waals surface area contributed by atoms with Crippen LogP contribution in [0.1, 0.15) is 40.0 Å². The maximum Gasteiger partial charge on any atom is 0.0199 e. The van der Waals surface area contributed by atoms with Crippen LogP contribution in [0, 0.1) is 11.8 Å². The number of likely N-dealkylation sites (tertiary alicyclic amines) is 1. The normalized spacial score (nSPS) is 24.9. The van der Waals surface area contributed by atoms with Crippen LogP contribution in [0.15, 0.2) is 0 Å². The molecule has 3 nitrogen and oxygen atoms in total. The molecule has 0 amide bonds. The molecule has 1 rings (SSSR count). The molecule has 0 aliphatic carbocycles. The minimum Gasteiger partial charge on any atom is -0.310 e. The summed E-state index contributed by atoms with van der Waals surface area (Å²) in [4.78, 5) is 4.79. The number of hydrogen-bond acceptors (Lipinski definition) is 3. The summed E-state index contributed by atoms with van der Waals surface area (Å²) >= 11 is 0. The number of rotatable bonds is 7. The van der Waals surface area contributed by atoms with Gasteiger partial charge in [-0.2, -0.15) is 0 Å². The van der Waals surface area contributed by atoms with Gasteiger partial charge in [0.1, 0.15) is 0 Å². The molecular weight excluding hydrogens is 234 g/mol. The Balaban J connectivity index is 2.46. The average Bonchev–Trinajstić information content (AvgIpc) is 2.26. The maximum absolute atomic E-state index is 3.90. The van der Waals surface area contributed by atoms with Gasteiger partial charge in [-0.25, -0.2) is 0 Å². The summed E-state index contributed by atoms with van der Waals surface area (Å²) in [5.41, 5.74) is 0. The van der Waals surface area contributed by atoms with Crippen molar-refractivity contribution in [3.8, 4) is 0 Å². The van der Waals surface area contributed by atoms with Crippen molar-refractivity contribution in [2.45, 2.75) is 52.1 Å². The van der Waals surface area contributed by atoms with Gasteiger partial charge >= 0.3 is 0 Å². The van der Waals surface area contributed by atoms with Crippen LogP contribution >= 0.6 is 0 Å². The third kappa shape index (κ3) is 6.73. The van der Waals surface area contributed by atoms with Gasteiger partial charge in [-0.3, -0.25) is 0 Å². The van der Waals surface area contributed by atoms with Crippen LogP contribution in [-0.2, 0) is 0 Å². The van der Waals surface area contributed by atoms with Gasteiger partial charge in [-0.1, -0.05) is 13.8 Å². The molecule has 0 aromatic rings. The maximum atomic E-state index is 3.90. The highest BCUT2D eigenvalue weighted by Gasteiger charge is 2.25. The Morgan fingerprint density at radius 1 is 1.26 bits per heavy atom. The van der Waals surface area contributed by atoms with Crippen LogP contribution in [0.5, 0.6) is 0 Å². The fourth-order valence-corrected chi connectivity index (χ4v) is 3.33. The van der Waals surface area contributed by atoms with Crippen molar-refractivity contribution >= 4 is 0 Å². The zero-order valence-electron chi connectivity index (χ0n) is 13.9. The van der Waals surface area contributed by atoms with Gasteiger partial charge < -0.3 is 15.1 Å². The van der Waals surface area contributed by atoms with Gasteiger partial charge in [0, 0.05) is 25.2 Å². The molecule has 1 aliphatic heterocycles. The highest BCUT2D eigenvalue weighted by Crippen LogP contribution is 2.19. The zero-order valence-corrected chi connectivity index (χ0v) is 13.9. The van der Waals surface area contributed by atoms with E-state index >= 15 is 0 Å². The largest absolute Gasteiger partial charge is 0.310 e. The molecule has 3 heteroatoms. The number of likely N-dealkylation sites (N-methyl/N-ethyl adjacent to an activating group) is 1. The minimum atomic E-state index is 0.622. The van der Waals surface area contributed by atoms with Crippen LogP contribution in [0.3, 0.4) is 0 Å². The molecule has 0 bridgehead atoms. The van der Waals surface area contributed by atoms with E-state index < -0.39 is 0 Å². The van der Waals surface area contributed by atoms with E-state index in [-0.39, 0.29) is 0 Å². The molecule has 114 valence electrons. The molecular formula is C16H35N3. The minimum absolute atomic E-state index is 0.622. The van der Waals surface area contributed by atoms with Crippen molar-refractivity contribution in [2.24, 2.45) is 11.8 Å². The smallest absolute Gasteiger partial charge is 0.0199 e. The SMILES string of the molecule is CC(C)CC(CN(C)C)NC(C)C1CCCN(C)C1. The third-order valence-electron chi connectivity index (χ3n) is 4.21. The molecule has 3 atom stereocenters. The Hall–Kier alpha value is -0.120. The molecule has 0 aromatic heterocycles. The van der Waals surface area contributed by atoms with Gasteiger partial charge in [-0.15, -0.1) is 0 Å². The standard InChI is InChI=1S/C16H35N3/c1-13(2)10-16(12-18(4)5)17-14(3)15-8-7-9-19(6)11-15/h13-17H,7-12H2,1-6H3. The fourth-order valence-electron chi connectivity index (χ4n) is 3.33. The second-order valence-electron chi connectivity index (χ2n) is 7.21. The first kappa shape index (κ1) is 16.9. The summed E-state index contributed by atoms with van der Waals surface area (Å²) in [6.07, 6.45) is 4.01. The second-order valence-corrected chi connectivity index (χ2v) is 7.21. The van der Waals surface area contributed by atoms with Crippen LogP contribution in [0.2, 0.25) is 0 Å². The van der Waals surface area contributed by atoms with Gasteiger partial charge in [0.2, 0.25) is 0 Å². The molecule has 1 fully saturated rings. The first-order valence-corrected chi connectivity index (χ1v) is 7.97. The van der Waals surface area contributed by atoms with Crippen LogP contribution in [0.4, 0.5) is 0 Å². The quantitative estimate of drug-likeness (QED) is 0.765. The fraction of sp³-hybridized carbons (Fsp3) is 1.00. The zero-order chi connectivity index (χ0) is 14.4. The highest BCUT2D eigenvalue weighted by atomic mass is 15.1. The van der Waals surface area contributed by atoms with Gasteiger partial charge in [-0.05, 0) is 65.7 Å². The second kappa shape index (κ2) is 8.23. The molecule has 1 aliphatic rings. The van der Waals surface area contributed by atoms with Crippen molar-refractivity contribution in [3.63, 3.8) is 0 Å². The van der Waals surface area contributed by atoms with E-state index in [9.17, 15) is 0 Å². The van der Waals surface area contributed by atoms with E-state index in [0.29, 0.717) is 12.1 Å². The Kier molecular flexibility index (Phi) is 7.33. The lowest BCUT2D eigenvalue weighted by Crippen LogP contribution is -2.49. The van der Waals surface area contributed by atoms with E-state index in [1.165, 1.54) is 32.4 Å². The third-order valence-corrected chi connectivity index (χ3v) is 4.21. The lowest BCUT2D eigenvalue weighted by molar-refractivity contribution is 0.165. The molecule has 1 saturated heterocycles. The average molecular weight is 269 g/mol. The number of piperidine rings is 1. The Morgan fingerprint density at radius 3 is 2.47 bits per heavy atom. The predicted molar refractivity (Wildman–Crippen MR) is 84.6 cm³/mol. The summed E-state index contributed by atoms with van der Waals surface area (Å²) in [5, 5.41) is 3.90. The molecule has 19 heavy (non-hydrogen) atoms. The first-order chi connectivity index (χ1) is 8.88. The summed E-state index contributed by atoms with van der Waals surface area (Å²) in [6, 6.07) is 1.25. The Bertz CT molecular complexity index is 230. The molecule has 0 spiro atoms. The van der Waals surface area contributed by atoms with Crippen LogP contribution in [-0.4, -0.2) is 62.7 Å². The van der Waals surface area contributed by atoms with E-state index in [0.717, 1.165) is 18.4 Å². The lowest BCUT2D eigenvalue weighted by atomic mass is 9.90. The summed E-state index contributed by atoms with van der Waals surface area (Å²) < 4.78 is 0. The van der Waals surface area contributed by atoms with Crippen molar-refractivity contribution < 1.29 is 0 Å². The first-order valence-electron chi connectivity index (χ1n) is 7.97. The lowest BCUT2D eigenvalue weighted by Gasteiger charge is -2.36. The van der Waals surface area contributed by atoms with Crippen molar-refractivity contribution in [1.29, 1.82) is 0 Å². The van der Waals surface area contributed by atoms with E-state index in [1.807, 2.05) is 0 Å². The molecule has 0 saturated carbocycles. The predicted octanol–water partition coefficient (Wildman–Crippen LogP) is 2.28.